The summed E-state index contributed by atoms with van der Waals surface area (Å²) >= 11 is 12.3. The molecule has 1 aromatic rings. The molecule has 1 aliphatic heterocycles. The number of rotatable bonds is 4. The third-order valence-corrected chi connectivity index (χ3v) is 4.76. The molecule has 2 rings (SSSR count). The van der Waals surface area contributed by atoms with Gasteiger partial charge in [0.1, 0.15) is 5.75 Å². The average Bonchev–Trinajstić information content (AvgIpc) is 2.94. The Hall–Kier alpha value is -1.43. The third-order valence-electron chi connectivity index (χ3n) is 3.95. The SMILES string of the molecule is C=CC(O)[C@@H]1C[C@H](c2c(OC)ccc(Cl)c2Cl)CN1C(=O)O. The van der Waals surface area contributed by atoms with Crippen molar-refractivity contribution in [3.05, 3.63) is 40.4 Å². The molecule has 1 saturated heterocycles. The van der Waals surface area contributed by atoms with Crippen LogP contribution in [0.2, 0.25) is 10.0 Å². The number of ether oxygens (including phenoxy) is 1. The molecule has 1 aromatic carbocycles. The van der Waals surface area contributed by atoms with Crippen LogP contribution in [0.25, 0.3) is 0 Å². The molecule has 1 unspecified atom stereocenters. The number of amides is 1. The number of benzene rings is 1. The minimum atomic E-state index is -1.09. The van der Waals surface area contributed by atoms with Crippen molar-refractivity contribution in [2.24, 2.45) is 0 Å². The van der Waals surface area contributed by atoms with Crippen molar-refractivity contribution in [1.29, 1.82) is 0 Å². The molecule has 2 N–H and O–H groups in total. The summed E-state index contributed by atoms with van der Waals surface area (Å²) in [5, 5.41) is 20.0. The largest absolute Gasteiger partial charge is 0.496 e. The highest BCUT2D eigenvalue weighted by molar-refractivity contribution is 6.42. The van der Waals surface area contributed by atoms with E-state index in [0.29, 0.717) is 27.8 Å². The van der Waals surface area contributed by atoms with Gasteiger partial charge in [0.2, 0.25) is 0 Å². The number of likely N-dealkylation sites (tertiary alicyclic amines) is 1. The number of methoxy groups -OCH3 is 1. The summed E-state index contributed by atoms with van der Waals surface area (Å²) in [6, 6.07) is 2.76. The molecule has 0 saturated carbocycles. The Kier molecular flexibility index (Phi) is 5.21. The first-order chi connectivity index (χ1) is 10.4. The second kappa shape index (κ2) is 6.77. The second-order valence-corrected chi connectivity index (χ2v) is 5.92. The van der Waals surface area contributed by atoms with E-state index in [9.17, 15) is 15.0 Å². The van der Waals surface area contributed by atoms with E-state index in [0.717, 1.165) is 0 Å². The number of carbonyl (C=O) groups is 1. The van der Waals surface area contributed by atoms with Gasteiger partial charge in [-0.1, -0.05) is 29.3 Å². The van der Waals surface area contributed by atoms with E-state index < -0.39 is 18.2 Å². The van der Waals surface area contributed by atoms with Gasteiger partial charge in [-0.05, 0) is 18.6 Å². The Balaban J connectivity index is 2.41. The van der Waals surface area contributed by atoms with Gasteiger partial charge in [0, 0.05) is 18.0 Å². The van der Waals surface area contributed by atoms with Crippen LogP contribution in [0.1, 0.15) is 17.9 Å². The fourth-order valence-electron chi connectivity index (χ4n) is 2.88. The van der Waals surface area contributed by atoms with Crippen molar-refractivity contribution in [2.45, 2.75) is 24.5 Å². The maximum Gasteiger partial charge on any atom is 0.407 e. The lowest BCUT2D eigenvalue weighted by molar-refractivity contribution is 0.0918. The van der Waals surface area contributed by atoms with Crippen LogP contribution in [0.4, 0.5) is 4.79 Å². The minimum Gasteiger partial charge on any atom is -0.496 e. The number of halogens is 2. The minimum absolute atomic E-state index is 0.210. The van der Waals surface area contributed by atoms with Crippen molar-refractivity contribution in [3.63, 3.8) is 0 Å². The lowest BCUT2D eigenvalue weighted by atomic mass is 9.93. The Morgan fingerprint density at radius 3 is 2.77 bits per heavy atom. The average molecular weight is 346 g/mol. The molecule has 22 heavy (non-hydrogen) atoms. The van der Waals surface area contributed by atoms with E-state index >= 15 is 0 Å². The summed E-state index contributed by atoms with van der Waals surface area (Å²) in [4.78, 5) is 12.6. The zero-order valence-electron chi connectivity index (χ0n) is 12.0. The normalized spacial score (nSPS) is 22.5. The lowest BCUT2D eigenvalue weighted by Gasteiger charge is -2.23. The predicted octanol–water partition coefficient (Wildman–Crippen LogP) is 3.38. The Bertz CT molecular complexity index is 593. The van der Waals surface area contributed by atoms with E-state index in [1.54, 1.807) is 12.1 Å². The van der Waals surface area contributed by atoms with E-state index in [4.69, 9.17) is 27.9 Å². The number of aliphatic hydroxyl groups is 1. The van der Waals surface area contributed by atoms with Gasteiger partial charge in [0.25, 0.3) is 0 Å². The maximum atomic E-state index is 11.4. The van der Waals surface area contributed by atoms with Crippen molar-refractivity contribution in [3.8, 4) is 5.75 Å². The van der Waals surface area contributed by atoms with Crippen molar-refractivity contribution in [2.75, 3.05) is 13.7 Å². The number of nitrogens with zero attached hydrogens (tertiary/aromatic N) is 1. The molecule has 1 amide bonds. The van der Waals surface area contributed by atoms with Crippen LogP contribution in [0.15, 0.2) is 24.8 Å². The van der Waals surface area contributed by atoms with E-state index in [1.165, 1.54) is 18.1 Å². The van der Waals surface area contributed by atoms with E-state index in [-0.39, 0.29) is 12.5 Å². The van der Waals surface area contributed by atoms with Crippen molar-refractivity contribution >= 4 is 29.3 Å². The summed E-state index contributed by atoms with van der Waals surface area (Å²) in [6.45, 7) is 3.73. The molecule has 120 valence electrons. The van der Waals surface area contributed by atoms with Crippen LogP contribution in [-0.2, 0) is 0 Å². The van der Waals surface area contributed by atoms with Gasteiger partial charge in [0.15, 0.2) is 0 Å². The molecule has 1 fully saturated rings. The Labute approximate surface area is 138 Å². The van der Waals surface area contributed by atoms with Gasteiger partial charge in [-0.25, -0.2) is 4.79 Å². The molecule has 0 bridgehead atoms. The highest BCUT2D eigenvalue weighted by atomic mass is 35.5. The second-order valence-electron chi connectivity index (χ2n) is 5.14. The van der Waals surface area contributed by atoms with Gasteiger partial charge in [-0.15, -0.1) is 6.58 Å². The highest BCUT2D eigenvalue weighted by Gasteiger charge is 2.40. The van der Waals surface area contributed by atoms with Gasteiger partial charge >= 0.3 is 6.09 Å². The molecule has 0 radical (unpaired) electrons. The quantitative estimate of drug-likeness (QED) is 0.820. The Morgan fingerprint density at radius 1 is 1.55 bits per heavy atom. The monoisotopic (exact) mass is 345 g/mol. The molecule has 7 heteroatoms. The van der Waals surface area contributed by atoms with Crippen LogP contribution in [0, 0.1) is 0 Å². The lowest BCUT2D eigenvalue weighted by Crippen LogP contribution is -2.41. The summed E-state index contributed by atoms with van der Waals surface area (Å²) in [7, 11) is 1.52. The third kappa shape index (κ3) is 3.02. The molecule has 0 aromatic heterocycles. The standard InChI is InChI=1S/C15H17Cl2NO4/c1-3-11(19)10-6-8(7-18(10)15(20)21)13-12(22-2)5-4-9(16)14(13)17/h3-5,8,10-11,19H,1,6-7H2,2H3,(H,20,21)/t8-,10-,11?/m0/s1. The Morgan fingerprint density at radius 2 is 2.23 bits per heavy atom. The van der Waals surface area contributed by atoms with Gasteiger partial charge < -0.3 is 19.8 Å². The van der Waals surface area contributed by atoms with Crippen molar-refractivity contribution in [1.82, 2.24) is 4.90 Å². The molecule has 5 nitrogen and oxygen atoms in total. The van der Waals surface area contributed by atoms with Crippen LogP contribution >= 0.6 is 23.2 Å². The zero-order chi connectivity index (χ0) is 16.4. The summed E-state index contributed by atoms with van der Waals surface area (Å²) in [5.41, 5.74) is 0.668. The van der Waals surface area contributed by atoms with E-state index in [2.05, 4.69) is 6.58 Å². The number of aliphatic hydroxyl groups excluding tert-OH is 1. The predicted molar refractivity (Wildman–Crippen MR) is 85.1 cm³/mol. The first kappa shape index (κ1) is 16.9. The van der Waals surface area contributed by atoms with Crippen molar-refractivity contribution < 1.29 is 19.7 Å². The number of hydrogen-bond donors (Lipinski definition) is 2. The number of carboxylic acid groups (broad SMARTS) is 1. The molecule has 0 aliphatic carbocycles. The highest BCUT2D eigenvalue weighted by Crippen LogP contribution is 2.43. The molecule has 0 spiro atoms. The zero-order valence-corrected chi connectivity index (χ0v) is 13.5. The van der Waals surface area contributed by atoms with Gasteiger partial charge in [-0.2, -0.15) is 0 Å². The topological polar surface area (TPSA) is 70.0 Å². The first-order valence-corrected chi connectivity index (χ1v) is 7.48. The number of hydrogen-bond acceptors (Lipinski definition) is 3. The summed E-state index contributed by atoms with van der Waals surface area (Å²) in [6.07, 6.45) is -0.286. The van der Waals surface area contributed by atoms with E-state index in [1.807, 2.05) is 0 Å². The molecule has 1 heterocycles. The van der Waals surface area contributed by atoms with Gasteiger partial charge in [-0.3, -0.25) is 0 Å². The smallest absolute Gasteiger partial charge is 0.407 e. The summed E-state index contributed by atoms with van der Waals surface area (Å²) in [5.74, 6) is 0.343. The van der Waals surface area contributed by atoms with Crippen LogP contribution in [-0.4, -0.2) is 47.0 Å². The summed E-state index contributed by atoms with van der Waals surface area (Å²) < 4.78 is 5.32. The molecular formula is C15H17Cl2NO4. The molecule has 1 aliphatic rings. The maximum absolute atomic E-state index is 11.4. The van der Waals surface area contributed by atoms with Crippen LogP contribution < -0.4 is 4.74 Å². The fourth-order valence-corrected chi connectivity index (χ4v) is 3.36. The fraction of sp³-hybridized carbons (Fsp3) is 0.400. The first-order valence-electron chi connectivity index (χ1n) is 6.72. The molecular weight excluding hydrogens is 329 g/mol. The van der Waals surface area contributed by atoms with Crippen LogP contribution in [0.3, 0.4) is 0 Å². The van der Waals surface area contributed by atoms with Crippen LogP contribution in [0.5, 0.6) is 5.75 Å². The molecule has 3 atom stereocenters. The van der Waals surface area contributed by atoms with Gasteiger partial charge in [0.05, 0.1) is 29.3 Å².